The lowest BCUT2D eigenvalue weighted by atomic mass is 9.98. The quantitative estimate of drug-likeness (QED) is 0.571. The van der Waals surface area contributed by atoms with Gasteiger partial charge in [-0.3, -0.25) is 9.69 Å². The van der Waals surface area contributed by atoms with E-state index in [2.05, 4.69) is 4.90 Å². The predicted octanol–water partition coefficient (Wildman–Crippen LogP) is 5.07. The number of likely N-dealkylation sites (tertiary alicyclic amines) is 1. The number of carbonyl (C=O) groups is 1. The summed E-state index contributed by atoms with van der Waals surface area (Å²) < 4.78 is 53.1. The summed E-state index contributed by atoms with van der Waals surface area (Å²) in [5, 5.41) is 9.02. The van der Waals surface area contributed by atoms with Crippen LogP contribution in [0, 0.1) is 5.92 Å². The molecule has 3 aliphatic heterocycles. The first-order valence-corrected chi connectivity index (χ1v) is 12.3. The first kappa shape index (κ1) is 24.5. The Morgan fingerprint density at radius 1 is 1.08 bits per heavy atom. The zero-order chi connectivity index (χ0) is 25.3. The Bertz CT molecular complexity index is 1150. The van der Waals surface area contributed by atoms with Crippen LogP contribution in [0.4, 0.5) is 18.9 Å². The molecule has 3 aliphatic rings. The number of rotatable bonds is 7. The van der Waals surface area contributed by atoms with E-state index in [0.717, 1.165) is 43.5 Å². The van der Waals surface area contributed by atoms with Gasteiger partial charge in [-0.2, -0.15) is 13.2 Å². The van der Waals surface area contributed by atoms with Crippen molar-refractivity contribution in [1.29, 1.82) is 0 Å². The summed E-state index contributed by atoms with van der Waals surface area (Å²) in [6.07, 6.45) is 0.644. The molecule has 0 radical (unpaired) electrons. The molecule has 192 valence electrons. The summed E-state index contributed by atoms with van der Waals surface area (Å²) in [6, 6.07) is 9.75. The van der Waals surface area contributed by atoms with Crippen molar-refractivity contribution in [2.75, 3.05) is 44.2 Å². The van der Waals surface area contributed by atoms with Gasteiger partial charge in [0.25, 0.3) is 0 Å². The Morgan fingerprint density at radius 3 is 2.58 bits per heavy atom. The van der Waals surface area contributed by atoms with Crippen molar-refractivity contribution in [3.63, 3.8) is 0 Å². The number of ether oxygens (including phenoxy) is 2. The first-order chi connectivity index (χ1) is 17.3. The lowest BCUT2D eigenvalue weighted by Gasteiger charge is -2.37. The Labute approximate surface area is 207 Å². The van der Waals surface area contributed by atoms with Gasteiger partial charge in [0, 0.05) is 55.6 Å². The van der Waals surface area contributed by atoms with Crippen LogP contribution in [0.2, 0.25) is 0 Å². The molecular formula is C27H29F3N2O4. The largest absolute Gasteiger partial charge is 0.489 e. The van der Waals surface area contributed by atoms with Crippen molar-refractivity contribution >= 4 is 17.7 Å². The van der Waals surface area contributed by atoms with E-state index < -0.39 is 17.7 Å². The van der Waals surface area contributed by atoms with Gasteiger partial charge in [0.15, 0.2) is 0 Å². The molecule has 0 bridgehead atoms. The van der Waals surface area contributed by atoms with Gasteiger partial charge < -0.3 is 19.5 Å². The molecule has 1 N–H and O–H groups in total. The molecule has 3 heterocycles. The van der Waals surface area contributed by atoms with Crippen LogP contribution in [0.1, 0.15) is 36.0 Å². The van der Waals surface area contributed by atoms with E-state index in [4.69, 9.17) is 14.6 Å². The molecule has 0 spiro atoms. The normalized spacial score (nSPS) is 18.6. The Balaban J connectivity index is 1.24. The number of carboxylic acids is 1. The molecule has 6 nitrogen and oxygen atoms in total. The molecule has 5 rings (SSSR count). The molecule has 2 fully saturated rings. The zero-order valence-electron chi connectivity index (χ0n) is 19.9. The molecular weight excluding hydrogens is 473 g/mol. The third-order valence-corrected chi connectivity index (χ3v) is 7.01. The summed E-state index contributed by atoms with van der Waals surface area (Å²) in [6.45, 7) is 3.44. The van der Waals surface area contributed by atoms with Gasteiger partial charge in [0.1, 0.15) is 24.7 Å². The van der Waals surface area contributed by atoms with Crippen molar-refractivity contribution < 1.29 is 32.5 Å². The highest BCUT2D eigenvalue weighted by atomic mass is 19.4. The second-order valence-electron chi connectivity index (χ2n) is 9.70. The average Bonchev–Trinajstić information content (AvgIpc) is 2.84. The van der Waals surface area contributed by atoms with E-state index in [1.807, 2.05) is 17.0 Å². The molecule has 2 aromatic rings. The van der Waals surface area contributed by atoms with E-state index in [-0.39, 0.29) is 18.1 Å². The van der Waals surface area contributed by atoms with Crippen LogP contribution in [0.3, 0.4) is 0 Å². The first-order valence-electron chi connectivity index (χ1n) is 12.3. The topological polar surface area (TPSA) is 62.2 Å². The number of hydrogen-bond donors (Lipinski definition) is 1. The number of anilines is 1. The minimum Gasteiger partial charge on any atom is -0.489 e. The van der Waals surface area contributed by atoms with Gasteiger partial charge in [-0.1, -0.05) is 6.07 Å². The number of fused-ring (bicyclic) bond motifs is 1. The van der Waals surface area contributed by atoms with Gasteiger partial charge in [0.2, 0.25) is 0 Å². The molecule has 9 heteroatoms. The van der Waals surface area contributed by atoms with Crippen LogP contribution in [0.5, 0.6) is 11.5 Å². The number of hydrogen-bond acceptors (Lipinski definition) is 5. The van der Waals surface area contributed by atoms with Crippen LogP contribution in [-0.4, -0.2) is 55.3 Å². The van der Waals surface area contributed by atoms with Gasteiger partial charge in [0.05, 0.1) is 11.5 Å². The highest BCUT2D eigenvalue weighted by Crippen LogP contribution is 2.37. The fourth-order valence-corrected chi connectivity index (χ4v) is 4.98. The smallest absolute Gasteiger partial charge is 0.416 e. The summed E-state index contributed by atoms with van der Waals surface area (Å²) in [7, 11) is 0. The molecule has 0 aromatic heterocycles. The van der Waals surface area contributed by atoms with Crippen molar-refractivity contribution in [2.24, 2.45) is 5.92 Å². The van der Waals surface area contributed by atoms with E-state index in [1.165, 1.54) is 12.1 Å². The molecule has 0 aliphatic carbocycles. The molecule has 0 unspecified atom stereocenters. The third kappa shape index (κ3) is 5.46. The van der Waals surface area contributed by atoms with Crippen LogP contribution >= 0.6 is 0 Å². The molecule has 2 aromatic carbocycles. The summed E-state index contributed by atoms with van der Waals surface area (Å²) in [5.74, 6) is -0.0233. The Kier molecular flexibility index (Phi) is 6.83. The average molecular weight is 503 g/mol. The van der Waals surface area contributed by atoms with Crippen molar-refractivity contribution in [3.8, 4) is 11.5 Å². The lowest BCUT2D eigenvalue weighted by molar-refractivity contribution is -0.147. The number of nitrogens with zero attached hydrogens (tertiary/aromatic N) is 2. The third-order valence-electron chi connectivity index (χ3n) is 7.01. The second kappa shape index (κ2) is 10.0. The molecule has 2 saturated heterocycles. The molecule has 0 amide bonds. The van der Waals surface area contributed by atoms with Gasteiger partial charge >= 0.3 is 12.1 Å². The van der Waals surface area contributed by atoms with E-state index in [0.29, 0.717) is 43.4 Å². The minimum atomic E-state index is -4.47. The number of aliphatic carboxylic acids is 1. The summed E-state index contributed by atoms with van der Waals surface area (Å²) in [4.78, 5) is 15.0. The van der Waals surface area contributed by atoms with E-state index in [9.17, 15) is 18.0 Å². The number of alkyl halides is 3. The maximum Gasteiger partial charge on any atom is 0.416 e. The second-order valence-corrected chi connectivity index (χ2v) is 9.70. The lowest BCUT2D eigenvalue weighted by Crippen LogP contribution is -2.51. The van der Waals surface area contributed by atoms with Crippen LogP contribution in [0.15, 0.2) is 42.0 Å². The van der Waals surface area contributed by atoms with Crippen LogP contribution in [0.25, 0.3) is 6.08 Å². The fourth-order valence-electron chi connectivity index (χ4n) is 4.98. The zero-order valence-corrected chi connectivity index (χ0v) is 19.9. The molecule has 36 heavy (non-hydrogen) atoms. The SMILES string of the molecule is O=C(O)C1CN(CC2=Cc3ccc(OCc4ccc(N5CCCCC5)cc4C(F)(F)F)cc3OC2)C1. The minimum absolute atomic E-state index is 0.0956. The van der Waals surface area contributed by atoms with Gasteiger partial charge in [-0.05, 0) is 55.2 Å². The van der Waals surface area contributed by atoms with Crippen LogP contribution < -0.4 is 14.4 Å². The van der Waals surface area contributed by atoms with E-state index in [1.54, 1.807) is 18.2 Å². The maximum absolute atomic E-state index is 13.8. The predicted molar refractivity (Wildman–Crippen MR) is 129 cm³/mol. The number of benzene rings is 2. The van der Waals surface area contributed by atoms with Gasteiger partial charge in [-0.25, -0.2) is 0 Å². The van der Waals surface area contributed by atoms with E-state index >= 15 is 0 Å². The van der Waals surface area contributed by atoms with Crippen molar-refractivity contribution in [2.45, 2.75) is 32.0 Å². The van der Waals surface area contributed by atoms with Crippen LogP contribution in [-0.2, 0) is 17.6 Å². The Hall–Kier alpha value is -3.20. The summed E-state index contributed by atoms with van der Waals surface area (Å²) >= 11 is 0. The van der Waals surface area contributed by atoms with Crippen molar-refractivity contribution in [1.82, 2.24) is 4.90 Å². The highest BCUT2D eigenvalue weighted by molar-refractivity contribution is 5.71. The fraction of sp³-hybridized carbons (Fsp3) is 0.444. The summed E-state index contributed by atoms with van der Waals surface area (Å²) in [5.41, 5.74) is 1.94. The maximum atomic E-state index is 13.8. The highest BCUT2D eigenvalue weighted by Gasteiger charge is 2.35. The van der Waals surface area contributed by atoms with Crippen molar-refractivity contribution in [3.05, 3.63) is 58.7 Å². The monoisotopic (exact) mass is 502 g/mol. The number of piperidine rings is 1. The number of halogens is 3. The Morgan fingerprint density at radius 2 is 1.86 bits per heavy atom. The number of carboxylic acid groups (broad SMARTS) is 1. The standard InChI is InChI=1S/C27H29F3N2O4/c28-27(29,30)24-11-22(32-8-2-1-3-9-32)6-4-20(24)17-35-23-7-5-19-10-18(16-36-25(19)12-23)13-31-14-21(15-31)26(33)34/h4-7,10-12,21H,1-3,8-9,13-17H2,(H,33,34). The van der Waals surface area contributed by atoms with Gasteiger partial charge in [-0.15, -0.1) is 0 Å². The molecule has 0 saturated carbocycles. The molecule has 0 atom stereocenters.